The average molecular weight is 319 g/mol. The third-order valence-corrected chi connectivity index (χ3v) is 4.49. The van der Waals surface area contributed by atoms with Gasteiger partial charge in [0.1, 0.15) is 5.82 Å². The summed E-state index contributed by atoms with van der Waals surface area (Å²) in [6.07, 6.45) is 0. The molecule has 0 aliphatic heterocycles. The van der Waals surface area contributed by atoms with E-state index < -0.39 is 28.3 Å². The molecule has 1 rings (SSSR count). The number of hydrogen-bond acceptors (Lipinski definition) is 3. The topological polar surface area (TPSA) is 55.4 Å². The van der Waals surface area contributed by atoms with Crippen LogP contribution >= 0.6 is 0 Å². The minimum atomic E-state index is -1.06. The van der Waals surface area contributed by atoms with Crippen molar-refractivity contribution in [2.24, 2.45) is 0 Å². The summed E-state index contributed by atoms with van der Waals surface area (Å²) in [5, 5.41) is 2.53. The molecule has 0 bridgehead atoms. The maximum Gasteiger partial charge on any atom is 0.257 e. The summed E-state index contributed by atoms with van der Waals surface area (Å²) in [5.41, 5.74) is 0. The molecule has 0 aliphatic rings. The number of benzene rings is 1. The van der Waals surface area contributed by atoms with Gasteiger partial charge in [-0.1, -0.05) is 0 Å². The first kappa shape index (κ1) is 17.6. The van der Waals surface area contributed by atoms with Crippen molar-refractivity contribution in [2.45, 2.75) is 25.5 Å². The van der Waals surface area contributed by atoms with Crippen LogP contribution in [0, 0.1) is 11.6 Å². The molecule has 0 fully saturated rings. The summed E-state index contributed by atoms with van der Waals surface area (Å²) in [6.45, 7) is 5.42. The summed E-state index contributed by atoms with van der Waals surface area (Å²) >= 11 is 0. The first-order valence-corrected chi connectivity index (χ1v) is 7.75. The predicted octanol–water partition coefficient (Wildman–Crippen LogP) is 2.01. The summed E-state index contributed by atoms with van der Waals surface area (Å²) in [4.78, 5) is 11.5. The van der Waals surface area contributed by atoms with Gasteiger partial charge in [0, 0.05) is 33.9 Å². The first-order chi connectivity index (χ1) is 9.70. The van der Waals surface area contributed by atoms with Crippen LogP contribution < -0.4 is 10.1 Å². The maximum absolute atomic E-state index is 13.3. The zero-order valence-electron chi connectivity index (χ0n) is 12.2. The molecular formula is C14H19F2NO3S. The van der Waals surface area contributed by atoms with Gasteiger partial charge in [-0.3, -0.25) is 9.00 Å². The molecular weight excluding hydrogens is 300 g/mol. The average Bonchev–Trinajstić information content (AvgIpc) is 2.36. The zero-order valence-corrected chi connectivity index (χ0v) is 13.1. The summed E-state index contributed by atoms with van der Waals surface area (Å²) in [7, 11) is -1.06. The van der Waals surface area contributed by atoms with E-state index in [9.17, 15) is 17.8 Å². The monoisotopic (exact) mass is 319 g/mol. The van der Waals surface area contributed by atoms with E-state index in [2.05, 4.69) is 5.32 Å². The molecule has 21 heavy (non-hydrogen) atoms. The lowest BCUT2D eigenvalue weighted by Gasteiger charge is -2.17. The van der Waals surface area contributed by atoms with E-state index in [0.29, 0.717) is 11.8 Å². The fourth-order valence-corrected chi connectivity index (χ4v) is 2.28. The number of nitrogens with one attached hydrogen (secondary N) is 1. The van der Waals surface area contributed by atoms with Crippen molar-refractivity contribution >= 4 is 16.7 Å². The van der Waals surface area contributed by atoms with E-state index in [0.717, 1.165) is 12.1 Å². The van der Waals surface area contributed by atoms with Gasteiger partial charge in [0.25, 0.3) is 5.91 Å². The number of halogens is 2. The van der Waals surface area contributed by atoms with Crippen molar-refractivity contribution in [2.75, 3.05) is 18.9 Å². The summed E-state index contributed by atoms with van der Waals surface area (Å²) in [6, 6.07) is 2.84. The van der Waals surface area contributed by atoms with E-state index in [4.69, 9.17) is 4.74 Å². The number of carbonyl (C=O) groups is 1. The van der Waals surface area contributed by atoms with Crippen molar-refractivity contribution in [3.63, 3.8) is 0 Å². The van der Waals surface area contributed by atoms with Gasteiger partial charge in [0.05, 0.1) is 0 Å². The molecule has 1 atom stereocenters. The van der Waals surface area contributed by atoms with Crippen LogP contribution in [0.4, 0.5) is 8.78 Å². The Hall–Kier alpha value is -1.50. The van der Waals surface area contributed by atoms with Crippen molar-refractivity contribution in [3.05, 3.63) is 29.8 Å². The molecule has 0 spiro atoms. The van der Waals surface area contributed by atoms with E-state index in [1.807, 2.05) is 20.8 Å². The van der Waals surface area contributed by atoms with Gasteiger partial charge in [-0.05, 0) is 32.9 Å². The molecule has 0 saturated heterocycles. The SMILES string of the molecule is CC(C)(C)[S@@](=O)CCNC(=O)COc1ccc(F)cc1F. The van der Waals surface area contributed by atoms with E-state index >= 15 is 0 Å². The highest BCUT2D eigenvalue weighted by Crippen LogP contribution is 2.17. The number of rotatable bonds is 6. The van der Waals surface area contributed by atoms with Gasteiger partial charge in [0.15, 0.2) is 18.2 Å². The normalized spacial score (nSPS) is 12.8. The molecule has 0 aromatic heterocycles. The number of hydrogen-bond donors (Lipinski definition) is 1. The highest BCUT2D eigenvalue weighted by molar-refractivity contribution is 7.86. The Morgan fingerprint density at radius 1 is 1.33 bits per heavy atom. The Labute approximate surface area is 125 Å². The molecule has 0 heterocycles. The Kier molecular flexibility index (Phi) is 6.26. The first-order valence-electron chi connectivity index (χ1n) is 6.43. The van der Waals surface area contributed by atoms with Crippen molar-refractivity contribution < 1.29 is 22.5 Å². The molecule has 0 saturated carbocycles. The zero-order chi connectivity index (χ0) is 16.0. The standard InChI is InChI=1S/C14H19F2NO3S/c1-14(2,3)21(19)7-6-17-13(18)9-20-12-5-4-10(15)8-11(12)16/h4-5,8H,6-7,9H2,1-3H3,(H,17,18)/t21-/m0/s1. The Bertz CT molecular complexity index is 529. The van der Waals surface area contributed by atoms with Gasteiger partial charge >= 0.3 is 0 Å². The Morgan fingerprint density at radius 2 is 2.00 bits per heavy atom. The van der Waals surface area contributed by atoms with Gasteiger partial charge in [0.2, 0.25) is 0 Å². The fourth-order valence-electron chi connectivity index (χ4n) is 1.38. The second-order valence-electron chi connectivity index (χ2n) is 5.38. The number of carbonyl (C=O) groups excluding carboxylic acids is 1. The minimum Gasteiger partial charge on any atom is -0.481 e. The molecule has 0 radical (unpaired) electrons. The quantitative estimate of drug-likeness (QED) is 0.872. The van der Waals surface area contributed by atoms with Crippen LogP contribution in [0.2, 0.25) is 0 Å². The summed E-state index contributed by atoms with van der Waals surface area (Å²) in [5.74, 6) is -1.89. The number of amides is 1. The third-order valence-electron chi connectivity index (χ3n) is 2.55. The smallest absolute Gasteiger partial charge is 0.257 e. The maximum atomic E-state index is 13.3. The fraction of sp³-hybridized carbons (Fsp3) is 0.500. The molecule has 1 aromatic rings. The van der Waals surface area contributed by atoms with Crippen LogP contribution in [0.3, 0.4) is 0 Å². The molecule has 0 aliphatic carbocycles. The van der Waals surface area contributed by atoms with Crippen molar-refractivity contribution in [1.29, 1.82) is 0 Å². The van der Waals surface area contributed by atoms with Crippen LogP contribution in [-0.2, 0) is 15.6 Å². The molecule has 4 nitrogen and oxygen atoms in total. The van der Waals surface area contributed by atoms with Crippen molar-refractivity contribution in [3.8, 4) is 5.75 Å². The molecule has 7 heteroatoms. The molecule has 1 N–H and O–H groups in total. The van der Waals surface area contributed by atoms with Crippen molar-refractivity contribution in [1.82, 2.24) is 5.32 Å². The predicted molar refractivity (Wildman–Crippen MR) is 77.6 cm³/mol. The van der Waals surface area contributed by atoms with Gasteiger partial charge in [-0.25, -0.2) is 8.78 Å². The lowest BCUT2D eigenvalue weighted by molar-refractivity contribution is -0.123. The highest BCUT2D eigenvalue weighted by Gasteiger charge is 2.18. The minimum absolute atomic E-state index is 0.190. The summed E-state index contributed by atoms with van der Waals surface area (Å²) < 4.78 is 42.3. The van der Waals surface area contributed by atoms with E-state index in [-0.39, 0.29) is 23.6 Å². The molecule has 118 valence electrons. The van der Waals surface area contributed by atoms with Crippen LogP contribution in [-0.4, -0.2) is 33.8 Å². The second-order valence-corrected chi connectivity index (χ2v) is 7.70. The van der Waals surface area contributed by atoms with Crippen LogP contribution in [0.25, 0.3) is 0 Å². The molecule has 1 amide bonds. The largest absolute Gasteiger partial charge is 0.481 e. The third kappa shape index (κ3) is 6.20. The van der Waals surface area contributed by atoms with Crippen LogP contribution in [0.5, 0.6) is 5.75 Å². The Morgan fingerprint density at radius 3 is 2.57 bits per heavy atom. The van der Waals surface area contributed by atoms with Crippen LogP contribution in [0.15, 0.2) is 18.2 Å². The lowest BCUT2D eigenvalue weighted by atomic mass is 10.3. The lowest BCUT2D eigenvalue weighted by Crippen LogP contribution is -2.35. The van der Waals surface area contributed by atoms with Gasteiger partial charge in [-0.2, -0.15) is 0 Å². The molecule has 0 unspecified atom stereocenters. The van der Waals surface area contributed by atoms with Crippen LogP contribution in [0.1, 0.15) is 20.8 Å². The van der Waals surface area contributed by atoms with Gasteiger partial charge in [-0.15, -0.1) is 0 Å². The van der Waals surface area contributed by atoms with E-state index in [1.165, 1.54) is 0 Å². The highest BCUT2D eigenvalue weighted by atomic mass is 32.2. The van der Waals surface area contributed by atoms with E-state index in [1.54, 1.807) is 0 Å². The Balaban J connectivity index is 2.33. The van der Waals surface area contributed by atoms with Gasteiger partial charge < -0.3 is 10.1 Å². The second kappa shape index (κ2) is 7.49. The number of ether oxygens (including phenoxy) is 1. The molecule has 1 aromatic carbocycles.